The number of aromatic nitrogens is 1. The Labute approximate surface area is 56.1 Å². The van der Waals surface area contributed by atoms with Gasteiger partial charge in [-0.25, -0.2) is 9.78 Å². The standard InChI is InChI=1S/C5H4N2OS/c1-4-5(6-2-8)9-3-7-4/h3H,1H3. The average molecular weight is 140 g/mol. The van der Waals surface area contributed by atoms with Crippen LogP contribution < -0.4 is 0 Å². The molecule has 0 amide bonds. The van der Waals surface area contributed by atoms with Crippen molar-refractivity contribution in [2.75, 3.05) is 0 Å². The van der Waals surface area contributed by atoms with Crippen molar-refractivity contribution < 1.29 is 4.79 Å². The van der Waals surface area contributed by atoms with E-state index in [0.717, 1.165) is 5.69 Å². The molecule has 0 aromatic carbocycles. The van der Waals surface area contributed by atoms with E-state index < -0.39 is 0 Å². The largest absolute Gasteiger partial charge is 0.248 e. The number of hydrogen-bond donors (Lipinski definition) is 0. The fourth-order valence-corrected chi connectivity index (χ4v) is 1.07. The van der Waals surface area contributed by atoms with Crippen LogP contribution in [0.25, 0.3) is 0 Å². The summed E-state index contributed by atoms with van der Waals surface area (Å²) in [5.74, 6) is 0. The van der Waals surface area contributed by atoms with Crippen molar-refractivity contribution in [3.05, 3.63) is 11.2 Å². The van der Waals surface area contributed by atoms with Gasteiger partial charge < -0.3 is 0 Å². The molecule has 0 atom stereocenters. The molecule has 0 saturated heterocycles. The summed E-state index contributed by atoms with van der Waals surface area (Å²) < 4.78 is 0. The monoisotopic (exact) mass is 140 g/mol. The summed E-state index contributed by atoms with van der Waals surface area (Å²) >= 11 is 1.33. The molecule has 1 rings (SSSR count). The van der Waals surface area contributed by atoms with E-state index in [-0.39, 0.29) is 0 Å². The first kappa shape index (κ1) is 6.13. The molecule has 0 saturated carbocycles. The summed E-state index contributed by atoms with van der Waals surface area (Å²) in [5, 5.41) is 0.644. The number of aryl methyl sites for hydroxylation is 1. The molecular weight excluding hydrogens is 136 g/mol. The number of nitrogens with zero attached hydrogens (tertiary/aromatic N) is 2. The number of thiazole rings is 1. The Kier molecular flexibility index (Phi) is 1.72. The lowest BCUT2D eigenvalue weighted by atomic mass is 10.5. The molecule has 0 aliphatic rings. The summed E-state index contributed by atoms with van der Waals surface area (Å²) in [7, 11) is 0. The summed E-state index contributed by atoms with van der Waals surface area (Å²) in [5.41, 5.74) is 2.43. The molecule has 0 unspecified atom stereocenters. The van der Waals surface area contributed by atoms with Gasteiger partial charge in [0, 0.05) is 0 Å². The predicted molar refractivity (Wildman–Crippen MR) is 34.6 cm³/mol. The van der Waals surface area contributed by atoms with Crippen molar-refractivity contribution in [3.8, 4) is 0 Å². The van der Waals surface area contributed by atoms with Gasteiger partial charge in [-0.3, -0.25) is 0 Å². The lowest BCUT2D eigenvalue weighted by Gasteiger charge is -1.78. The van der Waals surface area contributed by atoms with Crippen molar-refractivity contribution in [1.29, 1.82) is 0 Å². The van der Waals surface area contributed by atoms with Gasteiger partial charge in [-0.15, -0.1) is 11.3 Å². The van der Waals surface area contributed by atoms with E-state index in [2.05, 4.69) is 9.98 Å². The van der Waals surface area contributed by atoms with Gasteiger partial charge in [0.05, 0.1) is 11.2 Å². The molecule has 9 heavy (non-hydrogen) atoms. The van der Waals surface area contributed by atoms with E-state index in [0.29, 0.717) is 5.00 Å². The highest BCUT2D eigenvalue weighted by molar-refractivity contribution is 7.13. The van der Waals surface area contributed by atoms with Crippen LogP contribution in [-0.2, 0) is 4.79 Å². The SMILES string of the molecule is Cc1ncsc1N=C=O. The Morgan fingerprint density at radius 2 is 2.67 bits per heavy atom. The van der Waals surface area contributed by atoms with Gasteiger partial charge in [-0.1, -0.05) is 0 Å². The maximum absolute atomic E-state index is 9.71. The molecule has 1 heterocycles. The zero-order valence-electron chi connectivity index (χ0n) is 4.79. The van der Waals surface area contributed by atoms with E-state index >= 15 is 0 Å². The normalized spacial score (nSPS) is 8.56. The van der Waals surface area contributed by atoms with Crippen molar-refractivity contribution in [3.63, 3.8) is 0 Å². The Bertz CT molecular complexity index is 249. The first-order chi connectivity index (χ1) is 4.34. The summed E-state index contributed by atoms with van der Waals surface area (Å²) in [6.07, 6.45) is 1.46. The van der Waals surface area contributed by atoms with Crippen molar-refractivity contribution in [2.45, 2.75) is 6.92 Å². The third kappa shape index (κ3) is 1.22. The molecule has 1 aromatic rings. The summed E-state index contributed by atoms with van der Waals surface area (Å²) in [6.45, 7) is 1.80. The first-order valence-electron chi connectivity index (χ1n) is 2.32. The number of aliphatic imine (C=N–C) groups is 1. The summed E-state index contributed by atoms with van der Waals surface area (Å²) in [6, 6.07) is 0. The van der Waals surface area contributed by atoms with Gasteiger partial charge in [0.2, 0.25) is 6.08 Å². The van der Waals surface area contributed by atoms with Gasteiger partial charge in [0.1, 0.15) is 0 Å². The van der Waals surface area contributed by atoms with E-state index in [1.165, 1.54) is 17.4 Å². The lowest BCUT2D eigenvalue weighted by molar-refractivity contribution is 0.565. The zero-order valence-corrected chi connectivity index (χ0v) is 5.60. The maximum Gasteiger partial charge on any atom is 0.241 e. The summed E-state index contributed by atoms with van der Waals surface area (Å²) in [4.78, 5) is 17.0. The molecule has 1 aromatic heterocycles. The van der Waals surface area contributed by atoms with Crippen LogP contribution in [0.3, 0.4) is 0 Å². The molecule has 46 valence electrons. The third-order valence-corrected chi connectivity index (χ3v) is 1.69. The number of carbonyl (C=O) groups excluding carboxylic acids is 1. The Morgan fingerprint density at radius 3 is 3.11 bits per heavy atom. The zero-order chi connectivity index (χ0) is 6.69. The Morgan fingerprint density at radius 1 is 1.89 bits per heavy atom. The van der Waals surface area contributed by atoms with Crippen LogP contribution in [0.4, 0.5) is 5.00 Å². The quantitative estimate of drug-likeness (QED) is 0.437. The van der Waals surface area contributed by atoms with Gasteiger partial charge in [0.25, 0.3) is 0 Å². The van der Waals surface area contributed by atoms with Crippen LogP contribution in [0.1, 0.15) is 5.69 Å². The van der Waals surface area contributed by atoms with Crippen molar-refractivity contribution in [1.82, 2.24) is 4.98 Å². The van der Waals surface area contributed by atoms with Crippen LogP contribution in [0, 0.1) is 6.92 Å². The molecule has 0 N–H and O–H groups in total. The van der Waals surface area contributed by atoms with Crippen LogP contribution in [0.15, 0.2) is 10.5 Å². The van der Waals surface area contributed by atoms with Gasteiger partial charge in [-0.2, -0.15) is 4.99 Å². The van der Waals surface area contributed by atoms with E-state index in [4.69, 9.17) is 0 Å². The minimum atomic E-state index is 0.644. The van der Waals surface area contributed by atoms with Gasteiger partial charge in [-0.05, 0) is 6.92 Å². The van der Waals surface area contributed by atoms with Gasteiger partial charge >= 0.3 is 0 Å². The van der Waals surface area contributed by atoms with Crippen LogP contribution in [0.2, 0.25) is 0 Å². The molecule has 0 bridgehead atoms. The highest BCUT2D eigenvalue weighted by Gasteiger charge is 1.95. The molecule has 0 aliphatic carbocycles. The fraction of sp³-hybridized carbons (Fsp3) is 0.200. The first-order valence-corrected chi connectivity index (χ1v) is 3.20. The van der Waals surface area contributed by atoms with Gasteiger partial charge in [0.15, 0.2) is 5.00 Å². The Balaban J connectivity index is 3.07. The fourth-order valence-electron chi connectivity index (χ4n) is 0.445. The van der Waals surface area contributed by atoms with Crippen molar-refractivity contribution in [2.24, 2.45) is 4.99 Å². The van der Waals surface area contributed by atoms with Crippen LogP contribution >= 0.6 is 11.3 Å². The van der Waals surface area contributed by atoms with E-state index in [9.17, 15) is 4.79 Å². The Hall–Kier alpha value is -0.990. The molecule has 0 aliphatic heterocycles. The van der Waals surface area contributed by atoms with E-state index in [1.54, 1.807) is 12.4 Å². The minimum absolute atomic E-state index is 0.644. The second kappa shape index (κ2) is 2.53. The molecule has 0 radical (unpaired) electrons. The number of hydrogen-bond acceptors (Lipinski definition) is 4. The topological polar surface area (TPSA) is 42.3 Å². The molecule has 4 heteroatoms. The third-order valence-electron chi connectivity index (χ3n) is 0.867. The smallest absolute Gasteiger partial charge is 0.241 e. The average Bonchev–Trinajstić information content (AvgIpc) is 2.18. The maximum atomic E-state index is 9.71. The predicted octanol–water partition coefficient (Wildman–Crippen LogP) is 1.42. The van der Waals surface area contributed by atoms with E-state index in [1.807, 2.05) is 0 Å². The number of rotatable bonds is 1. The molecule has 0 fully saturated rings. The van der Waals surface area contributed by atoms with Crippen LogP contribution in [0.5, 0.6) is 0 Å². The second-order valence-corrected chi connectivity index (χ2v) is 2.28. The molecule has 3 nitrogen and oxygen atoms in total. The minimum Gasteiger partial charge on any atom is -0.248 e. The highest BCUT2D eigenvalue weighted by Crippen LogP contribution is 2.21. The van der Waals surface area contributed by atoms with Crippen molar-refractivity contribution >= 4 is 22.4 Å². The highest BCUT2D eigenvalue weighted by atomic mass is 32.1. The number of isocyanates is 1. The molecular formula is C5H4N2OS. The second-order valence-electron chi connectivity index (χ2n) is 1.45. The molecule has 0 spiro atoms. The van der Waals surface area contributed by atoms with Crippen LogP contribution in [-0.4, -0.2) is 11.1 Å². The lowest BCUT2D eigenvalue weighted by Crippen LogP contribution is -1.65.